The number of hydrogen-bond donors (Lipinski definition) is 1. The average Bonchev–Trinajstić information content (AvgIpc) is 2.76. The number of rotatable bonds is 3. The molecule has 1 saturated heterocycles. The molecule has 0 aromatic rings. The highest BCUT2D eigenvalue weighted by Gasteiger charge is 2.38. The minimum atomic E-state index is -0.260. The summed E-state index contributed by atoms with van der Waals surface area (Å²) < 4.78 is 0. The van der Waals surface area contributed by atoms with Crippen molar-refractivity contribution in [3.8, 4) is 0 Å². The molecular weight excluding hydrogens is 200 g/mol. The van der Waals surface area contributed by atoms with Crippen LogP contribution < -0.4 is 5.73 Å². The van der Waals surface area contributed by atoms with Crippen LogP contribution in [0.15, 0.2) is 0 Å². The molecule has 2 aliphatic rings. The molecule has 0 aromatic heterocycles. The van der Waals surface area contributed by atoms with Crippen LogP contribution in [-0.4, -0.2) is 29.4 Å². The summed E-state index contributed by atoms with van der Waals surface area (Å²) in [5.41, 5.74) is 5.95. The number of likely N-dealkylation sites (tertiary alicyclic amines) is 1. The second-order valence-electron chi connectivity index (χ2n) is 5.33. The fraction of sp³-hybridized carbons (Fsp3) is 0.923. The maximum absolute atomic E-state index is 12.2. The van der Waals surface area contributed by atoms with Crippen LogP contribution in [-0.2, 0) is 4.79 Å². The third-order valence-electron chi connectivity index (χ3n) is 4.19. The van der Waals surface area contributed by atoms with E-state index in [1.54, 1.807) is 0 Å². The quantitative estimate of drug-likeness (QED) is 0.796. The first-order valence-electron chi connectivity index (χ1n) is 6.80. The molecule has 0 spiro atoms. The molecule has 3 heteroatoms. The lowest BCUT2D eigenvalue weighted by Crippen LogP contribution is -2.52. The smallest absolute Gasteiger partial charge is 0.239 e. The van der Waals surface area contributed by atoms with Crippen molar-refractivity contribution in [1.82, 2.24) is 4.90 Å². The number of amides is 1. The first kappa shape index (κ1) is 11.9. The third-order valence-corrected chi connectivity index (χ3v) is 4.19. The van der Waals surface area contributed by atoms with Gasteiger partial charge < -0.3 is 10.6 Å². The highest BCUT2D eigenvalue weighted by atomic mass is 16.2. The van der Waals surface area contributed by atoms with E-state index in [0.717, 1.165) is 25.3 Å². The average molecular weight is 224 g/mol. The van der Waals surface area contributed by atoms with Crippen molar-refractivity contribution in [2.45, 2.75) is 64.0 Å². The molecule has 1 heterocycles. The zero-order valence-corrected chi connectivity index (χ0v) is 10.3. The number of nitrogens with zero attached hydrogens (tertiary/aromatic N) is 1. The van der Waals surface area contributed by atoms with Gasteiger partial charge >= 0.3 is 0 Å². The fourth-order valence-corrected chi connectivity index (χ4v) is 3.38. The van der Waals surface area contributed by atoms with Crippen molar-refractivity contribution in [2.24, 2.45) is 11.7 Å². The van der Waals surface area contributed by atoms with Crippen LogP contribution in [0.3, 0.4) is 0 Å². The Balaban J connectivity index is 1.99. The van der Waals surface area contributed by atoms with Crippen molar-refractivity contribution >= 4 is 5.91 Å². The Morgan fingerprint density at radius 2 is 2.12 bits per heavy atom. The Labute approximate surface area is 98.4 Å². The lowest BCUT2D eigenvalue weighted by atomic mass is 9.91. The van der Waals surface area contributed by atoms with Crippen LogP contribution in [0.2, 0.25) is 0 Å². The number of nitrogens with two attached hydrogens (primary N) is 1. The fourth-order valence-electron chi connectivity index (χ4n) is 3.38. The number of carbonyl (C=O) groups is 1. The maximum Gasteiger partial charge on any atom is 0.239 e. The van der Waals surface area contributed by atoms with Crippen LogP contribution in [0.5, 0.6) is 0 Å². The summed E-state index contributed by atoms with van der Waals surface area (Å²) in [6.45, 7) is 3.03. The lowest BCUT2D eigenvalue weighted by Gasteiger charge is -2.39. The number of fused-ring (bicyclic) bond motifs is 1. The van der Waals surface area contributed by atoms with Gasteiger partial charge in [-0.1, -0.05) is 19.8 Å². The second kappa shape index (κ2) is 5.17. The van der Waals surface area contributed by atoms with Crippen molar-refractivity contribution < 1.29 is 4.79 Å². The zero-order chi connectivity index (χ0) is 11.5. The predicted octanol–water partition coefficient (Wildman–Crippen LogP) is 1.90. The van der Waals surface area contributed by atoms with Gasteiger partial charge in [0.25, 0.3) is 0 Å². The molecule has 0 bridgehead atoms. The Kier molecular flexibility index (Phi) is 3.85. The Bertz CT molecular complexity index is 254. The normalized spacial score (nSPS) is 31.2. The first-order chi connectivity index (χ1) is 7.74. The zero-order valence-electron chi connectivity index (χ0n) is 10.3. The van der Waals surface area contributed by atoms with E-state index in [-0.39, 0.29) is 11.9 Å². The molecule has 2 N–H and O–H groups in total. The number of carbonyl (C=O) groups excluding carboxylic acids is 1. The molecule has 1 amide bonds. The topological polar surface area (TPSA) is 46.3 Å². The van der Waals surface area contributed by atoms with E-state index < -0.39 is 0 Å². The van der Waals surface area contributed by atoms with Crippen LogP contribution >= 0.6 is 0 Å². The summed E-state index contributed by atoms with van der Waals surface area (Å²) in [6.07, 6.45) is 8.12. The number of hydrogen-bond acceptors (Lipinski definition) is 2. The summed E-state index contributed by atoms with van der Waals surface area (Å²) in [6, 6.07) is 0.258. The Hall–Kier alpha value is -0.570. The van der Waals surface area contributed by atoms with E-state index in [1.807, 2.05) is 0 Å². The molecule has 2 rings (SSSR count). The minimum Gasteiger partial charge on any atom is -0.338 e. The Morgan fingerprint density at radius 1 is 1.38 bits per heavy atom. The highest BCUT2D eigenvalue weighted by molar-refractivity contribution is 5.82. The molecule has 0 radical (unpaired) electrons. The monoisotopic (exact) mass is 224 g/mol. The van der Waals surface area contributed by atoms with Gasteiger partial charge in [-0.25, -0.2) is 0 Å². The molecule has 16 heavy (non-hydrogen) atoms. The largest absolute Gasteiger partial charge is 0.338 e. The van der Waals surface area contributed by atoms with Crippen LogP contribution in [0.4, 0.5) is 0 Å². The van der Waals surface area contributed by atoms with Gasteiger partial charge in [-0.05, 0) is 38.0 Å². The van der Waals surface area contributed by atoms with Gasteiger partial charge in [0, 0.05) is 12.6 Å². The van der Waals surface area contributed by atoms with Crippen molar-refractivity contribution in [1.29, 1.82) is 0 Å². The van der Waals surface area contributed by atoms with Gasteiger partial charge in [0.05, 0.1) is 6.04 Å². The second-order valence-corrected chi connectivity index (χ2v) is 5.33. The number of piperidine rings is 1. The molecule has 3 unspecified atom stereocenters. The SMILES string of the molecule is CCCC(N)C(=O)N1CCCC2CCCC21. The molecule has 2 fully saturated rings. The van der Waals surface area contributed by atoms with Gasteiger partial charge in [-0.3, -0.25) is 4.79 Å². The summed E-state index contributed by atoms with van der Waals surface area (Å²) in [4.78, 5) is 14.3. The van der Waals surface area contributed by atoms with E-state index in [1.165, 1.54) is 32.1 Å². The summed E-state index contributed by atoms with van der Waals surface area (Å²) >= 11 is 0. The molecule has 0 aromatic carbocycles. The molecule has 92 valence electrons. The third kappa shape index (κ3) is 2.24. The molecule has 1 aliphatic carbocycles. The van der Waals surface area contributed by atoms with E-state index in [0.29, 0.717) is 6.04 Å². The molecule has 1 saturated carbocycles. The van der Waals surface area contributed by atoms with Gasteiger partial charge in [0.2, 0.25) is 5.91 Å². The van der Waals surface area contributed by atoms with E-state index in [2.05, 4.69) is 11.8 Å². The van der Waals surface area contributed by atoms with Gasteiger partial charge in [-0.2, -0.15) is 0 Å². The standard InChI is InChI=1S/C13H24N2O/c1-2-5-11(14)13(16)15-9-4-7-10-6-3-8-12(10)15/h10-12H,2-9,14H2,1H3. The van der Waals surface area contributed by atoms with Crippen molar-refractivity contribution in [3.63, 3.8) is 0 Å². The van der Waals surface area contributed by atoms with Gasteiger partial charge in [0.1, 0.15) is 0 Å². The lowest BCUT2D eigenvalue weighted by molar-refractivity contribution is -0.137. The first-order valence-corrected chi connectivity index (χ1v) is 6.80. The van der Waals surface area contributed by atoms with Gasteiger partial charge in [-0.15, -0.1) is 0 Å². The van der Waals surface area contributed by atoms with Crippen LogP contribution in [0.1, 0.15) is 51.9 Å². The van der Waals surface area contributed by atoms with Crippen LogP contribution in [0, 0.1) is 5.92 Å². The minimum absolute atomic E-state index is 0.207. The molecule has 3 atom stereocenters. The van der Waals surface area contributed by atoms with E-state index in [4.69, 9.17) is 5.73 Å². The molecule has 1 aliphatic heterocycles. The van der Waals surface area contributed by atoms with E-state index in [9.17, 15) is 4.79 Å². The molecule has 3 nitrogen and oxygen atoms in total. The summed E-state index contributed by atoms with van der Waals surface area (Å²) in [5.74, 6) is 0.977. The van der Waals surface area contributed by atoms with Gasteiger partial charge in [0.15, 0.2) is 0 Å². The molecular formula is C13H24N2O. The van der Waals surface area contributed by atoms with Crippen LogP contribution in [0.25, 0.3) is 0 Å². The Morgan fingerprint density at radius 3 is 2.88 bits per heavy atom. The van der Waals surface area contributed by atoms with E-state index >= 15 is 0 Å². The van der Waals surface area contributed by atoms with Crippen molar-refractivity contribution in [3.05, 3.63) is 0 Å². The van der Waals surface area contributed by atoms with Crippen molar-refractivity contribution in [2.75, 3.05) is 6.54 Å². The predicted molar refractivity (Wildman–Crippen MR) is 65.0 cm³/mol. The maximum atomic E-state index is 12.2. The summed E-state index contributed by atoms with van der Waals surface area (Å²) in [7, 11) is 0. The summed E-state index contributed by atoms with van der Waals surface area (Å²) in [5, 5.41) is 0. The highest BCUT2D eigenvalue weighted by Crippen LogP contribution is 2.36.